The lowest BCUT2D eigenvalue weighted by molar-refractivity contribution is 0.185. The molecule has 2 nitrogen and oxygen atoms in total. The number of rotatable bonds is 2. The van der Waals surface area contributed by atoms with Gasteiger partial charge in [-0.25, -0.2) is 0 Å². The van der Waals surface area contributed by atoms with Crippen LogP contribution in [0.3, 0.4) is 0 Å². The molecule has 0 radical (unpaired) electrons. The van der Waals surface area contributed by atoms with Crippen molar-refractivity contribution in [1.82, 2.24) is 4.90 Å². The number of para-hydroxylation sites is 1. The third-order valence-electron chi connectivity index (χ3n) is 4.89. The van der Waals surface area contributed by atoms with E-state index in [9.17, 15) is 0 Å². The zero-order valence-electron chi connectivity index (χ0n) is 15.0. The molecule has 0 saturated carbocycles. The SMILES string of the molecule is CC(C)N1CCCCC1.CC(C)N1CCCc2ccccc21. The van der Waals surface area contributed by atoms with E-state index in [4.69, 9.17) is 0 Å². The summed E-state index contributed by atoms with van der Waals surface area (Å²) in [5.41, 5.74) is 2.96. The van der Waals surface area contributed by atoms with Gasteiger partial charge in [0.1, 0.15) is 0 Å². The number of nitrogens with zero attached hydrogens (tertiary/aromatic N) is 2. The Morgan fingerprint density at radius 1 is 0.773 bits per heavy atom. The highest BCUT2D eigenvalue weighted by Gasteiger charge is 2.17. The number of aryl methyl sites for hydroxylation is 1. The lowest BCUT2D eigenvalue weighted by Crippen LogP contribution is -2.35. The Hall–Kier alpha value is -1.02. The molecule has 22 heavy (non-hydrogen) atoms. The van der Waals surface area contributed by atoms with E-state index < -0.39 is 0 Å². The summed E-state index contributed by atoms with van der Waals surface area (Å²) >= 11 is 0. The predicted molar refractivity (Wildman–Crippen MR) is 97.8 cm³/mol. The molecule has 0 spiro atoms. The van der Waals surface area contributed by atoms with Crippen LogP contribution >= 0.6 is 0 Å². The maximum atomic E-state index is 2.56. The van der Waals surface area contributed by atoms with Crippen molar-refractivity contribution in [3.63, 3.8) is 0 Å². The summed E-state index contributed by atoms with van der Waals surface area (Å²) in [7, 11) is 0. The van der Waals surface area contributed by atoms with Gasteiger partial charge in [0, 0.05) is 24.3 Å². The van der Waals surface area contributed by atoms with Crippen LogP contribution in [-0.2, 0) is 6.42 Å². The van der Waals surface area contributed by atoms with Gasteiger partial charge in [0.05, 0.1) is 0 Å². The number of hydrogen-bond donors (Lipinski definition) is 0. The minimum Gasteiger partial charge on any atom is -0.369 e. The van der Waals surface area contributed by atoms with Crippen LogP contribution in [0, 0.1) is 0 Å². The monoisotopic (exact) mass is 302 g/mol. The van der Waals surface area contributed by atoms with Crippen molar-refractivity contribution in [1.29, 1.82) is 0 Å². The molecule has 1 aromatic rings. The first-order valence-corrected chi connectivity index (χ1v) is 9.18. The second-order valence-corrected chi connectivity index (χ2v) is 7.21. The minimum absolute atomic E-state index is 0.626. The molecule has 1 saturated heterocycles. The standard InChI is InChI=1S/C12H17N.C8H17N/c1-10(2)13-9-5-7-11-6-3-4-8-12(11)13;1-8(2)9-6-4-3-5-7-9/h3-4,6,8,10H,5,7,9H2,1-2H3;8H,3-7H2,1-2H3. The van der Waals surface area contributed by atoms with Crippen LogP contribution in [0.15, 0.2) is 24.3 Å². The van der Waals surface area contributed by atoms with Crippen LogP contribution in [0.5, 0.6) is 0 Å². The Morgan fingerprint density at radius 3 is 2.05 bits per heavy atom. The summed E-state index contributed by atoms with van der Waals surface area (Å²) in [4.78, 5) is 5.06. The van der Waals surface area contributed by atoms with Crippen molar-refractivity contribution in [3.05, 3.63) is 29.8 Å². The number of piperidine rings is 1. The van der Waals surface area contributed by atoms with Crippen LogP contribution in [0.25, 0.3) is 0 Å². The third-order valence-corrected chi connectivity index (χ3v) is 4.89. The molecule has 0 atom stereocenters. The molecule has 1 fully saturated rings. The Bertz CT molecular complexity index is 433. The highest BCUT2D eigenvalue weighted by Crippen LogP contribution is 2.27. The summed E-state index contributed by atoms with van der Waals surface area (Å²) in [6, 6.07) is 10.2. The minimum atomic E-state index is 0.626. The molecule has 0 bridgehead atoms. The topological polar surface area (TPSA) is 6.48 Å². The van der Waals surface area contributed by atoms with E-state index in [0.717, 1.165) is 6.04 Å². The van der Waals surface area contributed by atoms with E-state index in [1.54, 1.807) is 0 Å². The van der Waals surface area contributed by atoms with Gasteiger partial charge in [0.25, 0.3) is 0 Å². The van der Waals surface area contributed by atoms with E-state index in [1.807, 2.05) is 0 Å². The van der Waals surface area contributed by atoms with Crippen molar-refractivity contribution in [2.45, 2.75) is 71.9 Å². The number of benzene rings is 1. The van der Waals surface area contributed by atoms with Gasteiger partial charge in [-0.15, -0.1) is 0 Å². The van der Waals surface area contributed by atoms with Crippen LogP contribution < -0.4 is 4.90 Å². The quantitative estimate of drug-likeness (QED) is 0.779. The molecular formula is C20H34N2. The predicted octanol–water partition coefficient (Wildman–Crippen LogP) is 4.73. The van der Waals surface area contributed by atoms with E-state index in [2.05, 4.69) is 61.8 Å². The second kappa shape index (κ2) is 8.57. The first kappa shape index (κ1) is 17.3. The van der Waals surface area contributed by atoms with Crippen molar-refractivity contribution in [2.24, 2.45) is 0 Å². The fourth-order valence-electron chi connectivity index (χ4n) is 3.53. The smallest absolute Gasteiger partial charge is 0.0401 e. The van der Waals surface area contributed by atoms with Crippen molar-refractivity contribution in [3.8, 4) is 0 Å². The van der Waals surface area contributed by atoms with Gasteiger partial charge >= 0.3 is 0 Å². The number of fused-ring (bicyclic) bond motifs is 1. The third kappa shape index (κ3) is 4.74. The molecule has 2 aliphatic rings. The lowest BCUT2D eigenvalue weighted by atomic mass is 10.0. The first-order chi connectivity index (χ1) is 10.6. The van der Waals surface area contributed by atoms with Crippen molar-refractivity contribution >= 4 is 5.69 Å². The van der Waals surface area contributed by atoms with E-state index in [1.165, 1.54) is 63.0 Å². The fraction of sp³-hybridized carbons (Fsp3) is 0.700. The highest BCUT2D eigenvalue weighted by molar-refractivity contribution is 5.55. The normalized spacial score (nSPS) is 18.9. The zero-order valence-corrected chi connectivity index (χ0v) is 15.0. The summed E-state index contributed by atoms with van der Waals surface area (Å²) in [6.07, 6.45) is 6.83. The van der Waals surface area contributed by atoms with Gasteiger partial charge in [0.2, 0.25) is 0 Å². The molecule has 2 heteroatoms. The lowest BCUT2D eigenvalue weighted by Gasteiger charge is -2.34. The molecule has 3 rings (SSSR count). The van der Waals surface area contributed by atoms with E-state index in [-0.39, 0.29) is 0 Å². The second-order valence-electron chi connectivity index (χ2n) is 7.21. The molecule has 2 heterocycles. The maximum Gasteiger partial charge on any atom is 0.0401 e. The van der Waals surface area contributed by atoms with Crippen LogP contribution in [0.4, 0.5) is 5.69 Å². The molecule has 0 aliphatic carbocycles. The molecular weight excluding hydrogens is 268 g/mol. The molecule has 1 aromatic carbocycles. The number of likely N-dealkylation sites (tertiary alicyclic amines) is 1. The molecule has 2 aliphatic heterocycles. The summed E-state index contributed by atoms with van der Waals surface area (Å²) in [6.45, 7) is 13.0. The summed E-state index contributed by atoms with van der Waals surface area (Å²) in [5.74, 6) is 0. The summed E-state index contributed by atoms with van der Waals surface area (Å²) in [5, 5.41) is 0. The molecule has 0 unspecified atom stereocenters. The van der Waals surface area contributed by atoms with Gasteiger partial charge in [-0.1, -0.05) is 24.6 Å². The maximum absolute atomic E-state index is 2.56. The Labute approximate surface area is 137 Å². The molecule has 0 amide bonds. The van der Waals surface area contributed by atoms with E-state index >= 15 is 0 Å². The van der Waals surface area contributed by atoms with Gasteiger partial charge in [-0.2, -0.15) is 0 Å². The Balaban J connectivity index is 0.000000172. The van der Waals surface area contributed by atoms with Gasteiger partial charge in [-0.3, -0.25) is 0 Å². The van der Waals surface area contributed by atoms with Gasteiger partial charge in [0.15, 0.2) is 0 Å². The molecule has 0 aromatic heterocycles. The average molecular weight is 303 g/mol. The molecule has 0 N–H and O–H groups in total. The fourth-order valence-corrected chi connectivity index (χ4v) is 3.53. The summed E-state index contributed by atoms with van der Waals surface area (Å²) < 4.78 is 0. The highest BCUT2D eigenvalue weighted by atomic mass is 15.2. The average Bonchev–Trinajstić information content (AvgIpc) is 2.55. The Morgan fingerprint density at radius 2 is 1.45 bits per heavy atom. The van der Waals surface area contributed by atoms with Crippen molar-refractivity contribution in [2.75, 3.05) is 24.5 Å². The first-order valence-electron chi connectivity index (χ1n) is 9.18. The largest absolute Gasteiger partial charge is 0.369 e. The van der Waals surface area contributed by atoms with Gasteiger partial charge < -0.3 is 9.80 Å². The van der Waals surface area contributed by atoms with Crippen LogP contribution in [-0.4, -0.2) is 36.6 Å². The van der Waals surface area contributed by atoms with Crippen LogP contribution in [0.1, 0.15) is 58.9 Å². The van der Waals surface area contributed by atoms with E-state index in [0.29, 0.717) is 6.04 Å². The van der Waals surface area contributed by atoms with Crippen molar-refractivity contribution < 1.29 is 0 Å². The number of anilines is 1. The Kier molecular flexibility index (Phi) is 6.75. The zero-order chi connectivity index (χ0) is 15.9. The number of hydrogen-bond acceptors (Lipinski definition) is 2. The van der Waals surface area contributed by atoms with Crippen LogP contribution in [0.2, 0.25) is 0 Å². The molecule has 124 valence electrons. The van der Waals surface area contributed by atoms with Gasteiger partial charge in [-0.05, 0) is 78.1 Å².